The first-order valence-electron chi connectivity index (χ1n) is 21.8. The number of amides is 4. The average Bonchev–Trinajstić information content (AvgIpc) is 3.77. The van der Waals surface area contributed by atoms with E-state index < -0.39 is 40.1 Å². The molecule has 4 amide bonds. The van der Waals surface area contributed by atoms with Gasteiger partial charge in [-0.05, 0) is 0 Å². The fourth-order valence-electron chi connectivity index (χ4n) is 9.54. The van der Waals surface area contributed by atoms with Gasteiger partial charge in [0.2, 0.25) is 17.7 Å². The van der Waals surface area contributed by atoms with Gasteiger partial charge in [-0.3, -0.25) is 14.4 Å². The molecule has 0 aliphatic carbocycles. The van der Waals surface area contributed by atoms with E-state index in [1.54, 1.807) is 25.8 Å². The number of aromatic nitrogens is 3. The predicted octanol–water partition coefficient (Wildman–Crippen LogP) is 1.30. The van der Waals surface area contributed by atoms with Crippen LogP contribution in [0.15, 0.2) is 6.20 Å². The summed E-state index contributed by atoms with van der Waals surface area (Å²) in [5.41, 5.74) is -0.394. The Balaban J connectivity index is 0.650. The average molecular weight is 915 g/mol. The van der Waals surface area contributed by atoms with Gasteiger partial charge in [0, 0.05) is 104 Å². The van der Waals surface area contributed by atoms with Crippen molar-refractivity contribution in [2.45, 2.75) is 87.7 Å². The maximum atomic E-state index is 13.3. The lowest BCUT2D eigenvalue weighted by molar-refractivity contribution is -0.377. The molecule has 0 radical (unpaired) electrons. The van der Waals surface area contributed by atoms with Gasteiger partial charge in [0.1, 0.15) is 30.6 Å². The van der Waals surface area contributed by atoms with Gasteiger partial charge in [-0.15, -0.1) is 28.3 Å². The molecule has 8 fully saturated rings. The Kier molecular flexibility index (Phi) is 12.7. The van der Waals surface area contributed by atoms with Crippen LogP contribution in [0.4, 0.5) is 4.79 Å². The molecule has 6 spiro atoms. The smallest absolute Gasteiger partial charge is 0.410 e. The zero-order valence-corrected chi connectivity index (χ0v) is 36.6. The van der Waals surface area contributed by atoms with Crippen molar-refractivity contribution in [3.05, 3.63) is 11.9 Å². The molecule has 9 heterocycles. The van der Waals surface area contributed by atoms with Crippen LogP contribution in [0.1, 0.15) is 57.1 Å². The monoisotopic (exact) mass is 913 g/mol. The minimum Gasteiger partial charge on any atom is -0.443 e. The van der Waals surface area contributed by atoms with Crippen LogP contribution in [-0.4, -0.2) is 199 Å². The van der Waals surface area contributed by atoms with Crippen LogP contribution in [0.25, 0.3) is 0 Å². The molecule has 1 aromatic heterocycles. The van der Waals surface area contributed by atoms with E-state index in [2.05, 4.69) is 10.3 Å². The number of rotatable bonds is 6. The molecule has 20 nitrogen and oxygen atoms in total. The van der Waals surface area contributed by atoms with Crippen molar-refractivity contribution in [2.24, 2.45) is 10.8 Å². The number of likely N-dealkylation sites (tertiary alicyclic amines) is 4. The van der Waals surface area contributed by atoms with Crippen molar-refractivity contribution >= 4 is 47.0 Å². The van der Waals surface area contributed by atoms with Gasteiger partial charge < -0.3 is 62.2 Å². The van der Waals surface area contributed by atoms with E-state index in [0.717, 1.165) is 0 Å². The van der Waals surface area contributed by atoms with Crippen molar-refractivity contribution in [2.75, 3.05) is 117 Å². The summed E-state index contributed by atoms with van der Waals surface area (Å²) in [6.07, 6.45) is 5.58. The van der Waals surface area contributed by atoms with Crippen LogP contribution in [0.2, 0.25) is 0 Å². The van der Waals surface area contributed by atoms with Gasteiger partial charge in [-0.2, -0.15) is 0 Å². The Hall–Kier alpha value is -2.92. The highest BCUT2D eigenvalue weighted by atomic mass is 35.5. The normalized spacial score (nSPS) is 27.3. The largest absolute Gasteiger partial charge is 0.443 e. The third-order valence-electron chi connectivity index (χ3n) is 14.0. The molecule has 0 saturated carbocycles. The SMILES string of the molecule is O=C(CCl)N1CCC2(CC1)OCC1(CO2)COC2(CCN(C(=O)Cn3cc(COC(=O)N4CCC5(CC4)OCC4(COC6(CCN(C(=O)CCl)CC6)OC4)CO5)nn3)CC2)OC1. The maximum absolute atomic E-state index is 13.3. The van der Waals surface area contributed by atoms with Gasteiger partial charge >= 0.3 is 6.09 Å². The Morgan fingerprint density at radius 2 is 0.839 bits per heavy atom. The predicted molar refractivity (Wildman–Crippen MR) is 213 cm³/mol. The number of carbonyl (C=O) groups excluding carboxylic acids is 4. The molecule has 22 heteroatoms. The topological polar surface area (TPSA) is 195 Å². The molecule has 0 unspecified atom stereocenters. The van der Waals surface area contributed by atoms with Crippen LogP contribution in [0, 0.1) is 10.8 Å². The molecule has 62 heavy (non-hydrogen) atoms. The van der Waals surface area contributed by atoms with Crippen molar-refractivity contribution in [3.63, 3.8) is 0 Å². The maximum Gasteiger partial charge on any atom is 0.410 e. The second-order valence-electron chi connectivity index (χ2n) is 18.3. The summed E-state index contributed by atoms with van der Waals surface area (Å²) in [5.74, 6) is -3.26. The van der Waals surface area contributed by atoms with Crippen LogP contribution >= 0.6 is 23.2 Å². The van der Waals surface area contributed by atoms with Crippen molar-refractivity contribution < 1.29 is 61.8 Å². The Morgan fingerprint density at radius 1 is 0.516 bits per heavy atom. The standard InChI is InChI=1S/C40H57Cl2N7O13/c41-17-31(50)45-9-1-37(2-10-45)55-22-35(23-56-37)26-59-39(60-27-35)5-13-47(14-6-39)33(52)20-49-19-30(43-44-49)21-54-34(53)48-15-7-40(8-16-48)61-28-36(29-62-40)24-57-38(58-25-36)3-11-46(12-4-38)32(51)18-42/h19H,1-18,20-29H2. The second kappa shape index (κ2) is 17.8. The summed E-state index contributed by atoms with van der Waals surface area (Å²) in [6.45, 7) is 7.30. The van der Waals surface area contributed by atoms with Crippen LogP contribution < -0.4 is 0 Å². The molecule has 8 saturated heterocycles. The highest BCUT2D eigenvalue weighted by Gasteiger charge is 2.54. The zero-order chi connectivity index (χ0) is 43.1. The van der Waals surface area contributed by atoms with Gasteiger partial charge in [0.25, 0.3) is 0 Å². The minimum atomic E-state index is -0.785. The fraction of sp³-hybridized carbons (Fsp3) is 0.850. The van der Waals surface area contributed by atoms with E-state index in [1.807, 2.05) is 0 Å². The second-order valence-corrected chi connectivity index (χ2v) is 18.8. The van der Waals surface area contributed by atoms with E-state index >= 15 is 0 Å². The van der Waals surface area contributed by atoms with E-state index in [4.69, 9.17) is 65.8 Å². The third-order valence-corrected chi connectivity index (χ3v) is 14.5. The van der Waals surface area contributed by atoms with Gasteiger partial charge in [0.15, 0.2) is 23.1 Å². The van der Waals surface area contributed by atoms with E-state index in [-0.39, 0.29) is 42.6 Å². The summed E-state index contributed by atoms with van der Waals surface area (Å²) in [6, 6.07) is 0. The number of alkyl halides is 2. The van der Waals surface area contributed by atoms with Crippen molar-refractivity contribution in [3.8, 4) is 0 Å². The number of nitrogens with zero attached hydrogens (tertiary/aromatic N) is 7. The number of carbonyl (C=O) groups is 4. The first-order chi connectivity index (χ1) is 29.9. The lowest BCUT2D eigenvalue weighted by atomic mass is 9.87. The van der Waals surface area contributed by atoms with Crippen molar-refractivity contribution in [1.82, 2.24) is 34.6 Å². The summed E-state index contributed by atoms with van der Waals surface area (Å²) in [7, 11) is 0. The quantitative estimate of drug-likeness (QED) is 0.371. The molecule has 9 rings (SSSR count). The Bertz CT molecular complexity index is 1760. The first-order valence-corrected chi connectivity index (χ1v) is 22.8. The highest BCUT2D eigenvalue weighted by molar-refractivity contribution is 6.27. The third kappa shape index (κ3) is 9.28. The molecule has 8 aliphatic rings. The Morgan fingerprint density at radius 3 is 1.18 bits per heavy atom. The highest BCUT2D eigenvalue weighted by Crippen LogP contribution is 2.44. The molecular weight excluding hydrogens is 857 g/mol. The molecule has 0 N–H and O–H groups in total. The number of halogens is 2. The summed E-state index contributed by atoms with van der Waals surface area (Å²) in [5, 5.41) is 8.22. The van der Waals surface area contributed by atoms with Gasteiger partial charge in [-0.25, -0.2) is 9.48 Å². The molecule has 1 aromatic rings. The zero-order valence-electron chi connectivity index (χ0n) is 35.1. The lowest BCUT2D eigenvalue weighted by Gasteiger charge is -2.53. The van der Waals surface area contributed by atoms with E-state index in [1.165, 1.54) is 4.68 Å². The number of hydrogen-bond acceptors (Lipinski definition) is 15. The molecule has 344 valence electrons. The molecule has 0 aromatic carbocycles. The number of ether oxygens (including phenoxy) is 9. The molecular formula is C40H57Cl2N7O13. The Labute approximate surface area is 369 Å². The molecule has 8 aliphatic heterocycles. The lowest BCUT2D eigenvalue weighted by Crippen LogP contribution is -2.62. The summed E-state index contributed by atoms with van der Waals surface area (Å²) < 4.78 is 57.6. The van der Waals surface area contributed by atoms with E-state index in [0.29, 0.717) is 162 Å². The summed E-state index contributed by atoms with van der Waals surface area (Å²) in [4.78, 5) is 57.1. The minimum absolute atomic E-state index is 0.00244. The van der Waals surface area contributed by atoms with Crippen LogP contribution in [0.5, 0.6) is 0 Å². The molecule has 0 bridgehead atoms. The van der Waals surface area contributed by atoms with E-state index in [9.17, 15) is 19.2 Å². The van der Waals surface area contributed by atoms with Gasteiger partial charge in [0.05, 0.1) is 69.9 Å². The first kappa shape index (κ1) is 44.3. The fourth-order valence-corrected chi connectivity index (χ4v) is 9.87. The van der Waals surface area contributed by atoms with Crippen molar-refractivity contribution in [1.29, 1.82) is 0 Å². The van der Waals surface area contributed by atoms with Crippen LogP contribution in [0.3, 0.4) is 0 Å². The number of hydrogen-bond donors (Lipinski definition) is 0. The molecule has 0 atom stereocenters. The number of piperidine rings is 4. The van der Waals surface area contributed by atoms with Gasteiger partial charge in [-0.1, -0.05) is 5.21 Å². The summed E-state index contributed by atoms with van der Waals surface area (Å²) >= 11 is 11.4. The van der Waals surface area contributed by atoms with Crippen LogP contribution in [-0.2, 0) is 70.2 Å².